The zero-order chi connectivity index (χ0) is 15.5. The minimum absolute atomic E-state index is 0.208. The smallest absolute Gasteiger partial charge is 0.257 e. The lowest BCUT2D eigenvalue weighted by molar-refractivity contribution is 0.102. The number of nitrogens with zero attached hydrogens (tertiary/aromatic N) is 5. The minimum atomic E-state index is -0.208. The number of tetrazole rings is 1. The highest BCUT2D eigenvalue weighted by Gasteiger charge is 2.09. The molecule has 0 radical (unpaired) electrons. The Morgan fingerprint density at radius 2 is 2.09 bits per heavy atom. The van der Waals surface area contributed by atoms with Crippen LogP contribution in [0, 0.1) is 6.92 Å². The number of rotatable bonds is 3. The van der Waals surface area contributed by atoms with Crippen LogP contribution in [-0.2, 0) is 7.05 Å². The normalized spacial score (nSPS) is 10.5. The summed E-state index contributed by atoms with van der Waals surface area (Å²) in [5.41, 5.74) is 2.88. The predicted octanol–water partition coefficient (Wildman–Crippen LogP) is 1.83. The zero-order valence-electron chi connectivity index (χ0n) is 12.2. The van der Waals surface area contributed by atoms with Crippen LogP contribution in [0.15, 0.2) is 42.6 Å². The fraction of sp³-hybridized carbons (Fsp3) is 0.133. The Morgan fingerprint density at radius 1 is 1.23 bits per heavy atom. The number of aryl methyl sites for hydroxylation is 2. The van der Waals surface area contributed by atoms with Gasteiger partial charge >= 0.3 is 0 Å². The van der Waals surface area contributed by atoms with Crippen molar-refractivity contribution < 1.29 is 4.79 Å². The fourth-order valence-corrected chi connectivity index (χ4v) is 2.02. The summed E-state index contributed by atoms with van der Waals surface area (Å²) in [4.78, 5) is 16.3. The maximum Gasteiger partial charge on any atom is 0.257 e. The van der Waals surface area contributed by atoms with Crippen LogP contribution in [-0.4, -0.2) is 31.1 Å². The highest BCUT2D eigenvalue weighted by Crippen LogP contribution is 2.20. The third-order valence-corrected chi connectivity index (χ3v) is 3.17. The molecule has 110 valence electrons. The molecule has 0 fully saturated rings. The lowest BCUT2D eigenvalue weighted by atomic mass is 10.1. The largest absolute Gasteiger partial charge is 0.322 e. The quantitative estimate of drug-likeness (QED) is 0.796. The molecule has 0 aliphatic rings. The van der Waals surface area contributed by atoms with E-state index in [1.54, 1.807) is 30.1 Å². The van der Waals surface area contributed by atoms with Crippen molar-refractivity contribution in [1.82, 2.24) is 25.2 Å². The number of hydrogen-bond acceptors (Lipinski definition) is 5. The standard InChI is InChI=1S/C15H14N6O/c1-10-6-7-12(9-16-10)15(22)17-13-5-3-4-11(8-13)14-18-19-20-21(14)2/h3-9H,1-2H3,(H,17,22). The number of benzene rings is 1. The van der Waals surface area contributed by atoms with Crippen LogP contribution in [0.5, 0.6) is 0 Å². The summed E-state index contributed by atoms with van der Waals surface area (Å²) in [6.07, 6.45) is 1.56. The first kappa shape index (κ1) is 13.9. The molecule has 22 heavy (non-hydrogen) atoms. The van der Waals surface area contributed by atoms with Crippen LogP contribution >= 0.6 is 0 Å². The Balaban J connectivity index is 1.82. The Labute approximate surface area is 127 Å². The first-order valence-corrected chi connectivity index (χ1v) is 6.70. The Bertz CT molecular complexity index is 809. The molecule has 0 aliphatic carbocycles. The molecule has 1 N–H and O–H groups in total. The molecule has 3 aromatic rings. The summed E-state index contributed by atoms with van der Waals surface area (Å²) in [5, 5.41) is 14.2. The first-order chi connectivity index (χ1) is 10.6. The van der Waals surface area contributed by atoms with E-state index in [1.165, 1.54) is 0 Å². The second-order valence-corrected chi connectivity index (χ2v) is 4.85. The molecular weight excluding hydrogens is 280 g/mol. The number of nitrogens with one attached hydrogen (secondary N) is 1. The number of hydrogen-bond donors (Lipinski definition) is 1. The van der Waals surface area contributed by atoms with Crippen LogP contribution in [0.25, 0.3) is 11.4 Å². The Hall–Kier alpha value is -3.09. The molecular formula is C15H14N6O. The number of anilines is 1. The predicted molar refractivity (Wildman–Crippen MR) is 81.2 cm³/mol. The van der Waals surface area contributed by atoms with Crippen LogP contribution in [0.3, 0.4) is 0 Å². The van der Waals surface area contributed by atoms with E-state index in [2.05, 4.69) is 25.8 Å². The highest BCUT2D eigenvalue weighted by molar-refractivity contribution is 6.04. The molecule has 7 heteroatoms. The maximum atomic E-state index is 12.2. The summed E-state index contributed by atoms with van der Waals surface area (Å²) in [6.45, 7) is 1.88. The monoisotopic (exact) mass is 294 g/mol. The van der Waals surface area contributed by atoms with Gasteiger partial charge in [-0.15, -0.1) is 5.10 Å². The van der Waals surface area contributed by atoms with Gasteiger partial charge in [-0.3, -0.25) is 9.78 Å². The molecule has 0 saturated carbocycles. The van der Waals surface area contributed by atoms with Gasteiger partial charge in [0.25, 0.3) is 5.91 Å². The molecule has 0 unspecified atom stereocenters. The van der Waals surface area contributed by atoms with Gasteiger partial charge in [0.1, 0.15) is 0 Å². The third-order valence-electron chi connectivity index (χ3n) is 3.17. The molecule has 0 bridgehead atoms. The number of carbonyl (C=O) groups excluding carboxylic acids is 1. The van der Waals surface area contributed by atoms with E-state index in [9.17, 15) is 4.79 Å². The van der Waals surface area contributed by atoms with Gasteiger partial charge in [0.2, 0.25) is 0 Å². The molecule has 0 spiro atoms. The van der Waals surface area contributed by atoms with E-state index in [0.29, 0.717) is 17.1 Å². The molecule has 0 saturated heterocycles. The van der Waals surface area contributed by atoms with E-state index in [1.807, 2.05) is 31.2 Å². The first-order valence-electron chi connectivity index (χ1n) is 6.70. The molecule has 2 aromatic heterocycles. The van der Waals surface area contributed by atoms with Gasteiger partial charge in [0.05, 0.1) is 5.56 Å². The van der Waals surface area contributed by atoms with Crippen molar-refractivity contribution in [2.75, 3.05) is 5.32 Å². The maximum absolute atomic E-state index is 12.2. The van der Waals surface area contributed by atoms with Crippen molar-refractivity contribution in [1.29, 1.82) is 0 Å². The number of aromatic nitrogens is 5. The van der Waals surface area contributed by atoms with E-state index in [-0.39, 0.29) is 5.91 Å². The van der Waals surface area contributed by atoms with Crippen molar-refractivity contribution in [2.24, 2.45) is 7.05 Å². The summed E-state index contributed by atoms with van der Waals surface area (Å²) in [6, 6.07) is 10.9. The number of carbonyl (C=O) groups is 1. The van der Waals surface area contributed by atoms with Gasteiger partial charge in [-0.05, 0) is 41.6 Å². The summed E-state index contributed by atoms with van der Waals surface area (Å²) in [7, 11) is 1.76. The van der Waals surface area contributed by atoms with E-state index < -0.39 is 0 Å². The molecule has 0 atom stereocenters. The second kappa shape index (κ2) is 5.72. The van der Waals surface area contributed by atoms with E-state index in [4.69, 9.17) is 0 Å². The third kappa shape index (κ3) is 2.83. The van der Waals surface area contributed by atoms with Crippen molar-refractivity contribution in [3.63, 3.8) is 0 Å². The molecule has 3 rings (SSSR count). The van der Waals surface area contributed by atoms with Gasteiger partial charge in [0, 0.05) is 30.2 Å². The van der Waals surface area contributed by atoms with Crippen molar-refractivity contribution in [3.8, 4) is 11.4 Å². The van der Waals surface area contributed by atoms with Crippen molar-refractivity contribution >= 4 is 11.6 Å². The molecule has 1 aromatic carbocycles. The van der Waals surface area contributed by atoms with Gasteiger partial charge in [-0.1, -0.05) is 12.1 Å². The van der Waals surface area contributed by atoms with Crippen molar-refractivity contribution in [2.45, 2.75) is 6.92 Å². The zero-order valence-corrected chi connectivity index (χ0v) is 12.2. The fourth-order valence-electron chi connectivity index (χ4n) is 2.02. The lowest BCUT2D eigenvalue weighted by Gasteiger charge is -2.07. The van der Waals surface area contributed by atoms with E-state index in [0.717, 1.165) is 11.3 Å². The average molecular weight is 294 g/mol. The SMILES string of the molecule is Cc1ccc(C(=O)Nc2cccc(-c3nnnn3C)c2)cn1. The van der Waals surface area contributed by atoms with Gasteiger partial charge < -0.3 is 5.32 Å². The van der Waals surface area contributed by atoms with Crippen LogP contribution in [0.2, 0.25) is 0 Å². The molecule has 7 nitrogen and oxygen atoms in total. The van der Waals surface area contributed by atoms with Crippen LogP contribution in [0.4, 0.5) is 5.69 Å². The number of pyridine rings is 1. The van der Waals surface area contributed by atoms with Gasteiger partial charge in [0.15, 0.2) is 5.82 Å². The highest BCUT2D eigenvalue weighted by atomic mass is 16.1. The summed E-state index contributed by atoms with van der Waals surface area (Å²) >= 11 is 0. The van der Waals surface area contributed by atoms with Crippen LogP contribution in [0.1, 0.15) is 16.1 Å². The topological polar surface area (TPSA) is 85.6 Å². The average Bonchev–Trinajstić information content (AvgIpc) is 2.94. The molecule has 0 aliphatic heterocycles. The molecule has 2 heterocycles. The summed E-state index contributed by atoms with van der Waals surface area (Å²) in [5.74, 6) is 0.425. The Kier molecular flexibility index (Phi) is 3.61. The lowest BCUT2D eigenvalue weighted by Crippen LogP contribution is -2.12. The van der Waals surface area contributed by atoms with Gasteiger partial charge in [-0.2, -0.15) is 0 Å². The van der Waals surface area contributed by atoms with Crippen LogP contribution < -0.4 is 5.32 Å². The Morgan fingerprint density at radius 3 is 2.77 bits per heavy atom. The second-order valence-electron chi connectivity index (χ2n) is 4.85. The number of amides is 1. The van der Waals surface area contributed by atoms with Crippen molar-refractivity contribution in [3.05, 3.63) is 53.9 Å². The van der Waals surface area contributed by atoms with E-state index >= 15 is 0 Å². The summed E-state index contributed by atoms with van der Waals surface area (Å²) < 4.78 is 1.57. The molecule has 1 amide bonds. The minimum Gasteiger partial charge on any atom is -0.322 e. The van der Waals surface area contributed by atoms with Gasteiger partial charge in [-0.25, -0.2) is 4.68 Å².